The molecule has 4 rings (SSSR count). The predicted octanol–water partition coefficient (Wildman–Crippen LogP) is 6.30. The summed E-state index contributed by atoms with van der Waals surface area (Å²) in [6.45, 7) is 11.2. The SMILES string of the molecule is Cc1cccc(Cn2nc(C)c(NC(=O)c3ccc(COc4c(C)cccc4C)cc3)c2C)c1. The van der Waals surface area contributed by atoms with Crippen LogP contribution < -0.4 is 10.1 Å². The molecular weight excluding hydrogens is 422 g/mol. The lowest BCUT2D eigenvalue weighted by molar-refractivity contribution is 0.102. The summed E-state index contributed by atoms with van der Waals surface area (Å²) in [5.74, 6) is 0.765. The van der Waals surface area contributed by atoms with Crippen LogP contribution in [0.5, 0.6) is 5.75 Å². The van der Waals surface area contributed by atoms with E-state index in [0.717, 1.165) is 39.5 Å². The minimum atomic E-state index is -0.150. The fourth-order valence-electron chi connectivity index (χ4n) is 4.14. The van der Waals surface area contributed by atoms with Gasteiger partial charge in [-0.25, -0.2) is 0 Å². The Bertz CT molecular complexity index is 1300. The van der Waals surface area contributed by atoms with Crippen LogP contribution in [0.4, 0.5) is 5.69 Å². The maximum Gasteiger partial charge on any atom is 0.255 e. The summed E-state index contributed by atoms with van der Waals surface area (Å²) in [5, 5.41) is 7.70. The molecule has 174 valence electrons. The Balaban J connectivity index is 1.42. The van der Waals surface area contributed by atoms with Crippen molar-refractivity contribution in [2.24, 2.45) is 0 Å². The van der Waals surface area contributed by atoms with Gasteiger partial charge in [0.2, 0.25) is 0 Å². The van der Waals surface area contributed by atoms with Crippen molar-refractivity contribution in [3.63, 3.8) is 0 Å². The number of carbonyl (C=O) groups excluding carboxylic acids is 1. The van der Waals surface area contributed by atoms with Crippen molar-refractivity contribution in [2.75, 3.05) is 5.32 Å². The van der Waals surface area contributed by atoms with Gasteiger partial charge >= 0.3 is 0 Å². The number of carbonyl (C=O) groups is 1. The molecule has 4 aromatic rings. The maximum atomic E-state index is 12.9. The van der Waals surface area contributed by atoms with Crippen LogP contribution in [-0.2, 0) is 13.2 Å². The number of nitrogens with zero attached hydrogens (tertiary/aromatic N) is 2. The molecule has 0 aliphatic carbocycles. The molecule has 0 fully saturated rings. The lowest BCUT2D eigenvalue weighted by Crippen LogP contribution is -2.13. The van der Waals surface area contributed by atoms with Crippen molar-refractivity contribution >= 4 is 11.6 Å². The first kappa shape index (κ1) is 23.3. The van der Waals surface area contributed by atoms with E-state index in [0.29, 0.717) is 18.7 Å². The van der Waals surface area contributed by atoms with Gasteiger partial charge in [0, 0.05) is 5.56 Å². The van der Waals surface area contributed by atoms with E-state index in [1.807, 2.05) is 74.8 Å². The first-order valence-electron chi connectivity index (χ1n) is 11.5. The molecule has 0 spiro atoms. The molecule has 0 aliphatic rings. The van der Waals surface area contributed by atoms with E-state index in [2.05, 4.69) is 41.6 Å². The van der Waals surface area contributed by atoms with Gasteiger partial charge in [-0.1, -0.05) is 60.2 Å². The number of anilines is 1. The zero-order chi connectivity index (χ0) is 24.2. The standard InChI is InChI=1S/C29H31N3O2/c1-19-8-6-11-25(16-19)17-32-23(5)27(22(4)31-32)30-29(33)26-14-12-24(13-15-26)18-34-28-20(2)9-7-10-21(28)3/h6-16H,17-18H2,1-5H3,(H,30,33). The van der Waals surface area contributed by atoms with E-state index in [4.69, 9.17) is 4.74 Å². The Kier molecular flexibility index (Phi) is 6.82. The Labute approximate surface area is 201 Å². The summed E-state index contributed by atoms with van der Waals surface area (Å²) in [5.41, 5.74) is 8.74. The highest BCUT2D eigenvalue weighted by molar-refractivity contribution is 6.04. The van der Waals surface area contributed by atoms with E-state index in [1.165, 1.54) is 11.1 Å². The molecule has 0 aliphatic heterocycles. The zero-order valence-corrected chi connectivity index (χ0v) is 20.5. The lowest BCUT2D eigenvalue weighted by atomic mass is 10.1. The zero-order valence-electron chi connectivity index (χ0n) is 20.5. The van der Waals surface area contributed by atoms with Crippen molar-refractivity contribution < 1.29 is 9.53 Å². The number of hydrogen-bond donors (Lipinski definition) is 1. The molecule has 5 heteroatoms. The third kappa shape index (κ3) is 5.20. The summed E-state index contributed by atoms with van der Waals surface area (Å²) in [6, 6.07) is 22.0. The average Bonchev–Trinajstić information content (AvgIpc) is 3.06. The van der Waals surface area contributed by atoms with E-state index in [1.54, 1.807) is 0 Å². The van der Waals surface area contributed by atoms with Crippen LogP contribution in [-0.4, -0.2) is 15.7 Å². The highest BCUT2D eigenvalue weighted by Gasteiger charge is 2.16. The van der Waals surface area contributed by atoms with Gasteiger partial charge in [0.15, 0.2) is 0 Å². The van der Waals surface area contributed by atoms with Crippen molar-refractivity contribution in [3.05, 3.63) is 111 Å². The number of nitrogens with one attached hydrogen (secondary N) is 1. The average molecular weight is 454 g/mol. The fraction of sp³-hybridized carbons (Fsp3) is 0.241. The van der Waals surface area contributed by atoms with Gasteiger partial charge in [0.25, 0.3) is 5.91 Å². The Morgan fingerprint density at radius 2 is 1.56 bits per heavy atom. The largest absolute Gasteiger partial charge is 0.488 e. The minimum Gasteiger partial charge on any atom is -0.488 e. The second-order valence-electron chi connectivity index (χ2n) is 8.85. The summed E-state index contributed by atoms with van der Waals surface area (Å²) in [4.78, 5) is 12.9. The first-order valence-corrected chi connectivity index (χ1v) is 11.5. The molecule has 0 atom stereocenters. The predicted molar refractivity (Wildman–Crippen MR) is 137 cm³/mol. The molecule has 3 aromatic carbocycles. The molecule has 1 aromatic heterocycles. The van der Waals surface area contributed by atoms with Crippen molar-refractivity contribution in [1.29, 1.82) is 0 Å². The van der Waals surface area contributed by atoms with Gasteiger partial charge in [0.05, 0.1) is 23.6 Å². The van der Waals surface area contributed by atoms with Gasteiger partial charge in [-0.2, -0.15) is 5.10 Å². The van der Waals surface area contributed by atoms with Gasteiger partial charge in [0.1, 0.15) is 12.4 Å². The Hall–Kier alpha value is -3.86. The van der Waals surface area contributed by atoms with Gasteiger partial charge < -0.3 is 10.1 Å². The van der Waals surface area contributed by atoms with Gasteiger partial charge in [-0.3, -0.25) is 9.48 Å². The van der Waals surface area contributed by atoms with Crippen LogP contribution in [0.3, 0.4) is 0 Å². The first-order chi connectivity index (χ1) is 16.3. The van der Waals surface area contributed by atoms with Crippen molar-refractivity contribution in [2.45, 2.75) is 47.8 Å². The summed E-state index contributed by atoms with van der Waals surface area (Å²) in [6.07, 6.45) is 0. The lowest BCUT2D eigenvalue weighted by Gasteiger charge is -2.12. The van der Waals surface area contributed by atoms with Crippen LogP contribution in [0.25, 0.3) is 0 Å². The topological polar surface area (TPSA) is 56.2 Å². The fourth-order valence-corrected chi connectivity index (χ4v) is 4.14. The second kappa shape index (κ2) is 9.96. The summed E-state index contributed by atoms with van der Waals surface area (Å²) < 4.78 is 7.97. The van der Waals surface area contributed by atoms with Gasteiger partial charge in [-0.05, 0) is 69.0 Å². The van der Waals surface area contributed by atoms with Crippen LogP contribution in [0.1, 0.15) is 49.6 Å². The molecule has 0 saturated carbocycles. The summed E-state index contributed by atoms with van der Waals surface area (Å²) in [7, 11) is 0. The number of benzene rings is 3. The molecule has 0 radical (unpaired) electrons. The highest BCUT2D eigenvalue weighted by Crippen LogP contribution is 2.24. The molecule has 5 nitrogen and oxygen atoms in total. The minimum absolute atomic E-state index is 0.150. The molecule has 0 bridgehead atoms. The second-order valence-corrected chi connectivity index (χ2v) is 8.85. The smallest absolute Gasteiger partial charge is 0.255 e. The molecule has 1 amide bonds. The number of aryl methyl sites for hydroxylation is 4. The number of aromatic nitrogens is 2. The van der Waals surface area contributed by atoms with Crippen LogP contribution >= 0.6 is 0 Å². The monoisotopic (exact) mass is 453 g/mol. The van der Waals surface area contributed by atoms with Gasteiger partial charge in [-0.15, -0.1) is 0 Å². The normalized spacial score (nSPS) is 10.9. The van der Waals surface area contributed by atoms with E-state index < -0.39 is 0 Å². The molecular formula is C29H31N3O2. The van der Waals surface area contributed by atoms with Crippen LogP contribution in [0, 0.1) is 34.6 Å². The molecule has 0 unspecified atom stereocenters. The molecule has 1 N–H and O–H groups in total. The molecule has 34 heavy (non-hydrogen) atoms. The van der Waals surface area contributed by atoms with E-state index >= 15 is 0 Å². The Morgan fingerprint density at radius 1 is 0.882 bits per heavy atom. The number of rotatable bonds is 7. The highest BCUT2D eigenvalue weighted by atomic mass is 16.5. The number of ether oxygens (including phenoxy) is 1. The summed E-state index contributed by atoms with van der Waals surface area (Å²) >= 11 is 0. The van der Waals surface area contributed by atoms with Crippen LogP contribution in [0.15, 0.2) is 66.7 Å². The van der Waals surface area contributed by atoms with E-state index in [-0.39, 0.29) is 5.91 Å². The van der Waals surface area contributed by atoms with Crippen molar-refractivity contribution in [3.8, 4) is 5.75 Å². The number of para-hydroxylation sites is 1. The third-order valence-electron chi connectivity index (χ3n) is 6.04. The Morgan fingerprint density at radius 3 is 2.24 bits per heavy atom. The number of amides is 1. The maximum absolute atomic E-state index is 12.9. The third-order valence-corrected chi connectivity index (χ3v) is 6.04. The quantitative estimate of drug-likeness (QED) is 0.357. The van der Waals surface area contributed by atoms with E-state index in [9.17, 15) is 4.79 Å². The molecule has 1 heterocycles. The molecule has 0 saturated heterocycles. The van der Waals surface area contributed by atoms with Crippen molar-refractivity contribution in [1.82, 2.24) is 9.78 Å². The van der Waals surface area contributed by atoms with Crippen LogP contribution in [0.2, 0.25) is 0 Å². The number of hydrogen-bond acceptors (Lipinski definition) is 3.